The number of likely N-dealkylation sites (tertiary alicyclic amines) is 1. The van der Waals surface area contributed by atoms with Crippen LogP contribution < -0.4 is 4.74 Å². The lowest BCUT2D eigenvalue weighted by atomic mass is 9.86. The van der Waals surface area contributed by atoms with E-state index in [0.29, 0.717) is 37.7 Å². The number of carbonyl (C=O) groups is 2. The average molecular weight is 585 g/mol. The maximum absolute atomic E-state index is 12.8. The zero-order valence-electron chi connectivity index (χ0n) is 24.4. The molecule has 2 aliphatic heterocycles. The molecule has 2 aliphatic rings. The molecule has 0 N–H and O–H groups in total. The molecule has 12 heteroatoms. The van der Waals surface area contributed by atoms with Crippen LogP contribution >= 0.6 is 11.6 Å². The van der Waals surface area contributed by atoms with Gasteiger partial charge in [0.15, 0.2) is 5.82 Å². The molecule has 11 nitrogen and oxygen atoms in total. The van der Waals surface area contributed by atoms with Gasteiger partial charge in [0.25, 0.3) is 0 Å². The molecule has 41 heavy (non-hydrogen) atoms. The summed E-state index contributed by atoms with van der Waals surface area (Å²) >= 11 is 5.77. The molecule has 1 saturated heterocycles. The van der Waals surface area contributed by atoms with Gasteiger partial charge in [-0.1, -0.05) is 6.07 Å². The third kappa shape index (κ3) is 6.19. The Labute approximate surface area is 244 Å². The number of alkyl halides is 1. The van der Waals surface area contributed by atoms with Crippen molar-refractivity contribution >= 4 is 23.7 Å². The van der Waals surface area contributed by atoms with Crippen molar-refractivity contribution in [1.82, 2.24) is 29.2 Å². The van der Waals surface area contributed by atoms with Crippen molar-refractivity contribution in [2.75, 3.05) is 25.6 Å². The number of ether oxygens (including phenoxy) is 3. The summed E-state index contributed by atoms with van der Waals surface area (Å²) in [5.74, 6) is 1.98. The molecule has 0 bridgehead atoms. The van der Waals surface area contributed by atoms with Crippen LogP contribution in [0.3, 0.4) is 0 Å². The van der Waals surface area contributed by atoms with Crippen molar-refractivity contribution in [2.24, 2.45) is 0 Å². The summed E-state index contributed by atoms with van der Waals surface area (Å²) in [6.07, 6.45) is 1.57. The van der Waals surface area contributed by atoms with E-state index in [2.05, 4.69) is 28.5 Å². The highest BCUT2D eigenvalue weighted by Gasteiger charge is 2.37. The summed E-state index contributed by atoms with van der Waals surface area (Å²) < 4.78 is 21.4. The SMILES string of the molecule is Cc1nc(-c2cn3c(n2)-c2ccc(C4CCN(C(=O)OC(C)(C)C)CC4OC(=O)CCl)cc2OCC3)n(C(C)C)n1. The van der Waals surface area contributed by atoms with Gasteiger partial charge in [-0.3, -0.25) is 4.79 Å². The second-order valence-electron chi connectivity index (χ2n) is 11.8. The third-order valence-corrected chi connectivity index (χ3v) is 7.32. The van der Waals surface area contributed by atoms with Crippen LogP contribution in [0.1, 0.15) is 64.4 Å². The van der Waals surface area contributed by atoms with E-state index in [0.717, 1.165) is 28.5 Å². The van der Waals surface area contributed by atoms with Crippen LogP contribution in [0.5, 0.6) is 5.75 Å². The maximum atomic E-state index is 12.8. The summed E-state index contributed by atoms with van der Waals surface area (Å²) in [6.45, 7) is 13.3. The molecule has 1 amide bonds. The lowest BCUT2D eigenvalue weighted by molar-refractivity contribution is -0.149. The topological polar surface area (TPSA) is 114 Å². The van der Waals surface area contributed by atoms with Gasteiger partial charge in [0.1, 0.15) is 47.3 Å². The standard InChI is InChI=1S/C29H37ClN6O5/c1-17(2)36-27(31-18(3)33-36)22-15-34-11-12-39-23-13-19(7-8-21(23)26(34)32-22)20-9-10-35(28(38)41-29(4,5)6)16-24(20)40-25(37)14-30/h7-8,13,15,17,20,24H,9-12,14,16H2,1-6H3. The van der Waals surface area contributed by atoms with E-state index in [1.165, 1.54) is 0 Å². The van der Waals surface area contributed by atoms with E-state index in [4.69, 9.17) is 30.8 Å². The van der Waals surface area contributed by atoms with E-state index < -0.39 is 23.8 Å². The van der Waals surface area contributed by atoms with E-state index >= 15 is 0 Å². The van der Waals surface area contributed by atoms with E-state index in [-0.39, 0.29) is 24.4 Å². The number of hydrogen-bond acceptors (Lipinski definition) is 8. The van der Waals surface area contributed by atoms with Crippen LogP contribution in [0.2, 0.25) is 0 Å². The van der Waals surface area contributed by atoms with Gasteiger partial charge in [0.2, 0.25) is 0 Å². The molecule has 0 aliphatic carbocycles. The fraction of sp³-hybridized carbons (Fsp3) is 0.552. The molecule has 0 spiro atoms. The van der Waals surface area contributed by atoms with Gasteiger partial charge in [-0.15, -0.1) is 11.6 Å². The Bertz CT molecular complexity index is 1440. The predicted octanol–water partition coefficient (Wildman–Crippen LogP) is 4.97. The number of imidazole rings is 1. The number of carbonyl (C=O) groups excluding carboxylic acids is 2. The number of benzene rings is 1. The summed E-state index contributed by atoms with van der Waals surface area (Å²) in [5.41, 5.74) is 1.95. The predicted molar refractivity (Wildman–Crippen MR) is 153 cm³/mol. The molecular weight excluding hydrogens is 548 g/mol. The highest BCUT2D eigenvalue weighted by atomic mass is 35.5. The minimum Gasteiger partial charge on any atom is -0.491 e. The van der Waals surface area contributed by atoms with Crippen molar-refractivity contribution in [3.63, 3.8) is 0 Å². The van der Waals surface area contributed by atoms with Gasteiger partial charge >= 0.3 is 12.1 Å². The number of aromatic nitrogens is 5. The average Bonchev–Trinajstić information content (AvgIpc) is 3.47. The Hall–Kier alpha value is -3.60. The third-order valence-electron chi connectivity index (χ3n) is 7.10. The van der Waals surface area contributed by atoms with Gasteiger partial charge in [-0.2, -0.15) is 5.10 Å². The van der Waals surface area contributed by atoms with Crippen molar-refractivity contribution in [2.45, 2.75) is 78.2 Å². The van der Waals surface area contributed by atoms with Crippen molar-refractivity contribution in [3.8, 4) is 28.7 Å². The van der Waals surface area contributed by atoms with Crippen LogP contribution in [0.4, 0.5) is 4.79 Å². The summed E-state index contributed by atoms with van der Waals surface area (Å²) in [4.78, 5) is 36.2. The second kappa shape index (κ2) is 11.3. The molecule has 2 unspecified atom stereocenters. The van der Waals surface area contributed by atoms with Crippen molar-refractivity contribution in [3.05, 3.63) is 35.8 Å². The van der Waals surface area contributed by atoms with Gasteiger partial charge in [0, 0.05) is 24.7 Å². The molecule has 2 atom stereocenters. The summed E-state index contributed by atoms with van der Waals surface area (Å²) in [6, 6.07) is 6.16. The highest BCUT2D eigenvalue weighted by Crippen LogP contribution is 2.39. The first-order valence-electron chi connectivity index (χ1n) is 13.9. The van der Waals surface area contributed by atoms with Crippen molar-refractivity contribution in [1.29, 1.82) is 0 Å². The second-order valence-corrected chi connectivity index (χ2v) is 12.0. The Balaban J connectivity index is 1.44. The normalized spacial score (nSPS) is 18.8. The molecule has 4 heterocycles. The summed E-state index contributed by atoms with van der Waals surface area (Å²) in [5, 5.41) is 4.54. The van der Waals surface area contributed by atoms with Crippen LogP contribution in [0.25, 0.3) is 22.9 Å². The van der Waals surface area contributed by atoms with E-state index in [1.807, 2.05) is 56.8 Å². The number of halogens is 1. The minimum absolute atomic E-state index is 0.147. The minimum atomic E-state index is -0.626. The molecule has 1 fully saturated rings. The molecule has 1 aromatic carbocycles. The lowest BCUT2D eigenvalue weighted by Crippen LogP contribution is -2.49. The number of fused-ring (bicyclic) bond motifs is 3. The Morgan fingerprint density at radius 2 is 1.95 bits per heavy atom. The number of hydrogen-bond donors (Lipinski definition) is 0. The quantitative estimate of drug-likeness (QED) is 0.305. The summed E-state index contributed by atoms with van der Waals surface area (Å²) in [7, 11) is 0. The van der Waals surface area contributed by atoms with Gasteiger partial charge in [-0.05, 0) is 65.7 Å². The Morgan fingerprint density at radius 1 is 1.17 bits per heavy atom. The smallest absolute Gasteiger partial charge is 0.410 e. The molecular formula is C29H37ClN6O5. The van der Waals surface area contributed by atoms with Crippen LogP contribution in [0.15, 0.2) is 24.4 Å². The van der Waals surface area contributed by atoms with Crippen molar-refractivity contribution < 1.29 is 23.8 Å². The number of nitrogens with zero attached hydrogens (tertiary/aromatic N) is 6. The van der Waals surface area contributed by atoms with Crippen LogP contribution in [-0.4, -0.2) is 78.6 Å². The number of amides is 1. The molecule has 3 aromatic rings. The van der Waals surface area contributed by atoms with E-state index in [1.54, 1.807) is 4.90 Å². The zero-order chi connectivity index (χ0) is 29.5. The number of rotatable bonds is 5. The fourth-order valence-electron chi connectivity index (χ4n) is 5.31. The van der Waals surface area contributed by atoms with Crippen LogP contribution in [-0.2, 0) is 20.8 Å². The first-order chi connectivity index (χ1) is 19.4. The monoisotopic (exact) mass is 584 g/mol. The van der Waals surface area contributed by atoms with Gasteiger partial charge < -0.3 is 23.7 Å². The lowest BCUT2D eigenvalue weighted by Gasteiger charge is -2.38. The number of aryl methyl sites for hydroxylation is 1. The molecule has 5 rings (SSSR count). The molecule has 0 saturated carbocycles. The Morgan fingerprint density at radius 3 is 2.66 bits per heavy atom. The number of esters is 1. The van der Waals surface area contributed by atoms with Gasteiger partial charge in [-0.25, -0.2) is 19.4 Å². The molecule has 0 radical (unpaired) electrons. The molecule has 220 valence electrons. The Kier molecular flexibility index (Phi) is 8.00. The highest BCUT2D eigenvalue weighted by molar-refractivity contribution is 6.26. The largest absolute Gasteiger partial charge is 0.491 e. The number of piperidine rings is 1. The maximum Gasteiger partial charge on any atom is 0.410 e. The van der Waals surface area contributed by atoms with Gasteiger partial charge in [0.05, 0.1) is 18.7 Å². The van der Waals surface area contributed by atoms with Crippen LogP contribution in [0, 0.1) is 6.92 Å². The first kappa shape index (κ1) is 28.9. The first-order valence-corrected chi connectivity index (χ1v) is 14.5. The van der Waals surface area contributed by atoms with E-state index in [9.17, 15) is 9.59 Å². The zero-order valence-corrected chi connectivity index (χ0v) is 25.1. The fourth-order valence-corrected chi connectivity index (χ4v) is 5.37. The molecule has 2 aromatic heterocycles.